The Morgan fingerprint density at radius 1 is 1.50 bits per heavy atom. The highest BCUT2D eigenvalue weighted by atomic mass is 32.1. The second kappa shape index (κ2) is 3.06. The van der Waals surface area contributed by atoms with E-state index in [9.17, 15) is 9.59 Å². The molecule has 0 aliphatic rings. The second-order valence-electron chi connectivity index (χ2n) is 2.32. The van der Waals surface area contributed by atoms with E-state index in [1.807, 2.05) is 0 Å². The van der Waals surface area contributed by atoms with Gasteiger partial charge in [0.05, 0.1) is 0 Å². The fourth-order valence-electron chi connectivity index (χ4n) is 0.876. The Bertz CT molecular complexity index is 453. The van der Waals surface area contributed by atoms with Gasteiger partial charge in [0.1, 0.15) is 0 Å². The first kappa shape index (κ1) is 8.92. The zero-order chi connectivity index (χ0) is 9.30. The molecule has 1 N–H and O–H groups in total. The van der Waals surface area contributed by atoms with Crippen molar-refractivity contribution in [1.29, 1.82) is 0 Å². The maximum absolute atomic E-state index is 11.3. The molecule has 1 aromatic rings. The number of hydrogen-bond donors (Lipinski definition) is 1. The summed E-state index contributed by atoms with van der Waals surface area (Å²) < 4.78 is 2.47. The van der Waals surface area contributed by atoms with Crippen LogP contribution in [0, 0.1) is 4.77 Å². The third-order valence-corrected chi connectivity index (χ3v) is 1.92. The van der Waals surface area contributed by atoms with Crippen LogP contribution >= 0.6 is 12.2 Å². The summed E-state index contributed by atoms with van der Waals surface area (Å²) in [6.45, 7) is 2.25. The van der Waals surface area contributed by atoms with Crippen molar-refractivity contribution in [2.24, 2.45) is 7.05 Å². The summed E-state index contributed by atoms with van der Waals surface area (Å²) in [5.41, 5.74) is -0.860. The number of H-pyrrole nitrogens is 1. The van der Waals surface area contributed by atoms with Crippen LogP contribution in [0.4, 0.5) is 0 Å². The highest BCUT2D eigenvalue weighted by molar-refractivity contribution is 7.71. The van der Waals surface area contributed by atoms with Gasteiger partial charge in [-0.1, -0.05) is 0 Å². The van der Waals surface area contributed by atoms with Crippen LogP contribution in [-0.2, 0) is 13.6 Å². The number of aromatic nitrogens is 3. The number of nitrogens with zero attached hydrogens (tertiary/aromatic N) is 2. The molecule has 1 aromatic heterocycles. The minimum Gasteiger partial charge on any atom is -0.284 e. The maximum Gasteiger partial charge on any atom is 0.334 e. The molecule has 0 atom stereocenters. The molecule has 6 heteroatoms. The van der Waals surface area contributed by atoms with E-state index in [2.05, 4.69) is 4.98 Å². The fourth-order valence-corrected chi connectivity index (χ4v) is 1.17. The molecule has 0 aliphatic heterocycles. The molecule has 0 bridgehead atoms. The number of rotatable bonds is 1. The van der Waals surface area contributed by atoms with Crippen LogP contribution in [-0.4, -0.2) is 14.1 Å². The van der Waals surface area contributed by atoms with Crippen molar-refractivity contribution in [3.05, 3.63) is 25.7 Å². The molecule has 0 amide bonds. The largest absolute Gasteiger partial charge is 0.334 e. The lowest BCUT2D eigenvalue weighted by Gasteiger charge is -2.02. The summed E-state index contributed by atoms with van der Waals surface area (Å²) in [4.78, 5) is 24.6. The van der Waals surface area contributed by atoms with Crippen LogP contribution in [0.25, 0.3) is 0 Å². The normalized spacial score (nSPS) is 10.2. The van der Waals surface area contributed by atoms with Crippen molar-refractivity contribution in [3.63, 3.8) is 0 Å². The molecule has 0 aliphatic carbocycles. The Labute approximate surface area is 73.3 Å². The molecule has 1 heterocycles. The van der Waals surface area contributed by atoms with Gasteiger partial charge in [0.2, 0.25) is 0 Å². The molecule has 12 heavy (non-hydrogen) atoms. The molecule has 66 valence electrons. The Balaban J connectivity index is 3.76. The maximum atomic E-state index is 11.3. The first-order chi connectivity index (χ1) is 5.57. The molecule has 0 radical (unpaired) electrons. The van der Waals surface area contributed by atoms with Gasteiger partial charge in [0.25, 0.3) is 0 Å². The van der Waals surface area contributed by atoms with E-state index in [1.54, 1.807) is 6.92 Å². The minimum atomic E-state index is -0.477. The van der Waals surface area contributed by atoms with E-state index in [4.69, 9.17) is 12.2 Å². The molecular formula is C6H9N3O2S. The number of aromatic amines is 1. The third kappa shape index (κ3) is 1.25. The quantitative estimate of drug-likeness (QED) is 0.610. The summed E-state index contributed by atoms with van der Waals surface area (Å²) in [5.74, 6) is 0. The third-order valence-electron chi connectivity index (χ3n) is 1.60. The van der Waals surface area contributed by atoms with Gasteiger partial charge in [-0.15, -0.1) is 0 Å². The number of hydrogen-bond acceptors (Lipinski definition) is 3. The van der Waals surface area contributed by atoms with E-state index in [-0.39, 0.29) is 10.5 Å². The van der Waals surface area contributed by atoms with Crippen molar-refractivity contribution < 1.29 is 0 Å². The van der Waals surface area contributed by atoms with Crippen LogP contribution in [0.15, 0.2) is 9.59 Å². The lowest BCUT2D eigenvalue weighted by Crippen LogP contribution is -2.39. The Morgan fingerprint density at radius 3 is 2.58 bits per heavy atom. The van der Waals surface area contributed by atoms with E-state index in [1.165, 1.54) is 11.6 Å². The van der Waals surface area contributed by atoms with Crippen LogP contribution in [0.3, 0.4) is 0 Å². The lowest BCUT2D eigenvalue weighted by molar-refractivity contribution is 0.587. The molecule has 0 aromatic carbocycles. The monoisotopic (exact) mass is 187 g/mol. The van der Waals surface area contributed by atoms with Crippen molar-refractivity contribution in [2.75, 3.05) is 0 Å². The van der Waals surface area contributed by atoms with E-state index in [0.29, 0.717) is 6.54 Å². The van der Waals surface area contributed by atoms with Gasteiger partial charge in [0.15, 0.2) is 4.77 Å². The van der Waals surface area contributed by atoms with Crippen molar-refractivity contribution in [1.82, 2.24) is 14.1 Å². The first-order valence-corrected chi connectivity index (χ1v) is 3.89. The van der Waals surface area contributed by atoms with Crippen molar-refractivity contribution in [3.8, 4) is 0 Å². The van der Waals surface area contributed by atoms with Crippen molar-refractivity contribution >= 4 is 12.2 Å². The molecule has 0 unspecified atom stereocenters. The SMILES string of the molecule is CCn1c(=S)[nH]c(=O)n(C)c1=O. The average molecular weight is 187 g/mol. The smallest absolute Gasteiger partial charge is 0.284 e. The Hall–Kier alpha value is -1.17. The van der Waals surface area contributed by atoms with Gasteiger partial charge in [0, 0.05) is 13.6 Å². The van der Waals surface area contributed by atoms with Crippen LogP contribution in [0.1, 0.15) is 6.92 Å². The van der Waals surface area contributed by atoms with E-state index in [0.717, 1.165) is 4.57 Å². The Morgan fingerprint density at radius 2 is 2.08 bits per heavy atom. The van der Waals surface area contributed by atoms with Crippen LogP contribution < -0.4 is 11.4 Å². The summed E-state index contributed by atoms with van der Waals surface area (Å²) in [6, 6.07) is 0. The topological polar surface area (TPSA) is 59.8 Å². The molecule has 1 rings (SSSR count). The summed E-state index contributed by atoms with van der Waals surface area (Å²) in [5, 5.41) is 0. The lowest BCUT2D eigenvalue weighted by atomic mass is 10.7. The average Bonchev–Trinajstić information content (AvgIpc) is 2.01. The highest BCUT2D eigenvalue weighted by Gasteiger charge is 2.00. The van der Waals surface area contributed by atoms with Gasteiger partial charge < -0.3 is 0 Å². The second-order valence-corrected chi connectivity index (χ2v) is 2.71. The predicted octanol–water partition coefficient (Wildman–Crippen LogP) is -0.376. The highest BCUT2D eigenvalue weighted by Crippen LogP contribution is 1.77. The molecule has 5 nitrogen and oxygen atoms in total. The van der Waals surface area contributed by atoms with Gasteiger partial charge in [-0.25, -0.2) is 14.2 Å². The summed E-state index contributed by atoms with van der Waals surface area (Å²) in [7, 11) is 1.40. The van der Waals surface area contributed by atoms with Crippen LogP contribution in [0.5, 0.6) is 0 Å². The van der Waals surface area contributed by atoms with E-state index < -0.39 is 5.69 Å². The van der Waals surface area contributed by atoms with Gasteiger partial charge >= 0.3 is 11.4 Å². The van der Waals surface area contributed by atoms with E-state index >= 15 is 0 Å². The summed E-state index contributed by atoms with van der Waals surface area (Å²) in [6.07, 6.45) is 0. The van der Waals surface area contributed by atoms with Gasteiger partial charge in [-0.3, -0.25) is 9.55 Å². The molecule has 0 saturated carbocycles. The van der Waals surface area contributed by atoms with Gasteiger partial charge in [-0.05, 0) is 19.1 Å². The van der Waals surface area contributed by atoms with Crippen LogP contribution in [0.2, 0.25) is 0 Å². The zero-order valence-corrected chi connectivity index (χ0v) is 7.64. The number of nitrogens with one attached hydrogen (secondary N) is 1. The molecule has 0 spiro atoms. The first-order valence-electron chi connectivity index (χ1n) is 3.48. The standard InChI is InChI=1S/C6H9N3O2S/c1-3-9-5(12)7-4(10)8(2)6(9)11/h3H2,1-2H3,(H,7,10,12). The zero-order valence-electron chi connectivity index (χ0n) is 6.83. The molecular weight excluding hydrogens is 178 g/mol. The van der Waals surface area contributed by atoms with Crippen molar-refractivity contribution in [2.45, 2.75) is 13.5 Å². The van der Waals surface area contributed by atoms with Gasteiger partial charge in [-0.2, -0.15) is 0 Å². The molecule has 0 fully saturated rings. The minimum absolute atomic E-state index is 0.172. The summed E-state index contributed by atoms with van der Waals surface area (Å²) >= 11 is 4.78. The fraction of sp³-hybridized carbons (Fsp3) is 0.500. The predicted molar refractivity (Wildman–Crippen MR) is 46.8 cm³/mol. The Kier molecular flexibility index (Phi) is 2.27. The molecule has 0 saturated heterocycles.